The largest absolute Gasteiger partial charge is 0.388 e. The molecule has 4 fully saturated rings. The van der Waals surface area contributed by atoms with E-state index in [1.54, 1.807) is 6.07 Å². The molecule has 1 amide bonds. The molecule has 4 aliphatic rings. The number of carbonyl (C=O) groups is 1. The van der Waals surface area contributed by atoms with Crippen LogP contribution < -0.4 is 4.90 Å². The molecule has 4 saturated heterocycles. The number of nitrogens with zero attached hydrogens (tertiary/aromatic N) is 3. The van der Waals surface area contributed by atoms with Crippen LogP contribution in [-0.4, -0.2) is 77.1 Å². The lowest BCUT2D eigenvalue weighted by atomic mass is 9.75. The summed E-state index contributed by atoms with van der Waals surface area (Å²) >= 11 is 0. The van der Waals surface area contributed by atoms with Crippen molar-refractivity contribution in [1.29, 1.82) is 0 Å². The van der Waals surface area contributed by atoms with Gasteiger partial charge in [0, 0.05) is 31.6 Å². The predicted molar refractivity (Wildman–Crippen MR) is 124 cm³/mol. The number of fused-ring (bicyclic) bond motifs is 3. The Bertz CT molecular complexity index is 1090. The number of pyridine rings is 1. The summed E-state index contributed by atoms with van der Waals surface area (Å²) in [5.74, 6) is 6.77. The normalized spacial score (nSPS) is 30.9. The number of carbonyl (C=O) groups excluding carboxylic acids is 1. The molecule has 172 valence electrons. The van der Waals surface area contributed by atoms with Crippen molar-refractivity contribution in [3.05, 3.63) is 59.3 Å². The third-order valence-corrected chi connectivity index (χ3v) is 7.07. The maximum Gasteiger partial charge on any atom is 0.260 e. The van der Waals surface area contributed by atoms with Gasteiger partial charge in [-0.3, -0.25) is 14.6 Å². The monoisotopic (exact) mass is 447 g/mol. The summed E-state index contributed by atoms with van der Waals surface area (Å²) < 4.78 is 5.15. The Kier molecular flexibility index (Phi) is 5.94. The van der Waals surface area contributed by atoms with Crippen LogP contribution in [0.4, 0.5) is 5.82 Å². The number of ether oxygens (including phenoxy) is 1. The van der Waals surface area contributed by atoms with Gasteiger partial charge in [-0.05, 0) is 43.6 Å². The smallest absolute Gasteiger partial charge is 0.260 e. The van der Waals surface area contributed by atoms with E-state index in [-0.39, 0.29) is 18.4 Å². The zero-order valence-electron chi connectivity index (χ0n) is 18.8. The number of methoxy groups -OCH3 is 1. The van der Waals surface area contributed by atoms with Gasteiger partial charge >= 0.3 is 0 Å². The van der Waals surface area contributed by atoms with E-state index in [4.69, 9.17) is 9.72 Å². The first-order valence-corrected chi connectivity index (χ1v) is 11.5. The molecule has 5 heterocycles. The highest BCUT2D eigenvalue weighted by atomic mass is 16.5. The number of hydrogen-bond donors (Lipinski definition) is 2. The van der Waals surface area contributed by atoms with Crippen LogP contribution >= 0.6 is 0 Å². The molecule has 1 aromatic heterocycles. The van der Waals surface area contributed by atoms with Crippen molar-refractivity contribution < 1.29 is 19.7 Å². The molecule has 2 bridgehead atoms. The second-order valence-corrected chi connectivity index (χ2v) is 9.22. The topological polar surface area (TPSA) is 86.1 Å². The van der Waals surface area contributed by atoms with Crippen molar-refractivity contribution in [2.24, 2.45) is 5.92 Å². The summed E-state index contributed by atoms with van der Waals surface area (Å²) in [6.45, 7) is 2.78. The molecule has 4 aliphatic heterocycles. The Morgan fingerprint density at radius 1 is 1.18 bits per heavy atom. The van der Waals surface area contributed by atoms with Gasteiger partial charge < -0.3 is 14.9 Å². The molecule has 6 rings (SSSR count). The third kappa shape index (κ3) is 4.28. The Hall–Kier alpha value is -2.76. The van der Waals surface area contributed by atoms with Crippen LogP contribution in [0.2, 0.25) is 0 Å². The van der Waals surface area contributed by atoms with Crippen molar-refractivity contribution >= 4 is 11.7 Å². The molecule has 7 heteroatoms. The second-order valence-electron chi connectivity index (χ2n) is 9.22. The fourth-order valence-corrected chi connectivity index (χ4v) is 5.19. The molecule has 0 radical (unpaired) electrons. The SMILES string of the molecule is CO[C@H]1C(=O)N(c2ccc(C#C[C@@]3(O)CN4CCC3CC4)c(Cc3ccccc3)n2)C[C@H]1O. The second kappa shape index (κ2) is 8.88. The van der Waals surface area contributed by atoms with E-state index in [0.717, 1.165) is 42.8 Å². The molecule has 2 N–H and O–H groups in total. The van der Waals surface area contributed by atoms with E-state index in [1.165, 1.54) is 12.0 Å². The molecule has 0 aliphatic carbocycles. The summed E-state index contributed by atoms with van der Waals surface area (Å²) in [6.07, 6.45) is 0.714. The van der Waals surface area contributed by atoms with Gasteiger partial charge in [0.05, 0.1) is 12.2 Å². The van der Waals surface area contributed by atoms with Crippen molar-refractivity contribution in [2.75, 3.05) is 38.2 Å². The summed E-state index contributed by atoms with van der Waals surface area (Å²) in [5.41, 5.74) is 1.55. The van der Waals surface area contributed by atoms with Crippen LogP contribution in [0.5, 0.6) is 0 Å². The number of aliphatic hydroxyl groups is 2. The highest BCUT2D eigenvalue weighted by Crippen LogP contribution is 2.35. The molecular weight excluding hydrogens is 418 g/mol. The van der Waals surface area contributed by atoms with Gasteiger partial charge in [0.2, 0.25) is 0 Å². The average Bonchev–Trinajstić information content (AvgIpc) is 3.12. The first kappa shape index (κ1) is 22.1. The molecule has 0 unspecified atom stereocenters. The number of β-amino-alcohol motifs (C(OH)–C–C–N with tert-alkyl or cyclic N) is 1. The highest BCUT2D eigenvalue weighted by molar-refractivity contribution is 5.98. The number of aromatic nitrogens is 1. The maximum atomic E-state index is 12.7. The zero-order chi connectivity index (χ0) is 23.0. The quantitative estimate of drug-likeness (QED) is 0.686. The van der Waals surface area contributed by atoms with Crippen LogP contribution in [0.1, 0.15) is 29.7 Å². The summed E-state index contributed by atoms with van der Waals surface area (Å²) in [4.78, 5) is 21.2. The summed E-state index contributed by atoms with van der Waals surface area (Å²) in [7, 11) is 1.42. The number of piperidine rings is 3. The fraction of sp³-hybridized carbons (Fsp3) is 0.462. The summed E-state index contributed by atoms with van der Waals surface area (Å²) in [5, 5.41) is 21.4. The van der Waals surface area contributed by atoms with Gasteiger partial charge in [-0.25, -0.2) is 4.98 Å². The Morgan fingerprint density at radius 2 is 1.94 bits per heavy atom. The van der Waals surface area contributed by atoms with E-state index >= 15 is 0 Å². The molecule has 33 heavy (non-hydrogen) atoms. The standard InChI is InChI=1S/C26H29N3O4/c1-33-24-22(30)16-29(25(24)31)23-8-7-19(21(27-23)15-18-5-3-2-4-6-18)9-12-26(32)17-28-13-10-20(26)11-14-28/h2-8,20,22,24,30,32H,10-11,13-17H2,1H3/t22-,24-,26-/m1/s1. The first-order chi connectivity index (χ1) is 16.0. The van der Waals surface area contributed by atoms with E-state index in [9.17, 15) is 15.0 Å². The number of amides is 1. The molecule has 3 atom stereocenters. The maximum absolute atomic E-state index is 12.7. The molecule has 0 spiro atoms. The lowest BCUT2D eigenvalue weighted by molar-refractivity contribution is -0.128. The zero-order valence-corrected chi connectivity index (χ0v) is 18.8. The van der Waals surface area contributed by atoms with Gasteiger partial charge in [-0.15, -0.1) is 0 Å². The third-order valence-electron chi connectivity index (χ3n) is 7.07. The fourth-order valence-electron chi connectivity index (χ4n) is 5.19. The van der Waals surface area contributed by atoms with Crippen molar-refractivity contribution in [3.8, 4) is 11.8 Å². The lowest BCUT2D eigenvalue weighted by Crippen LogP contribution is -2.58. The minimum absolute atomic E-state index is 0.136. The molecule has 2 aromatic rings. The van der Waals surface area contributed by atoms with Crippen LogP contribution in [0, 0.1) is 17.8 Å². The number of benzene rings is 1. The van der Waals surface area contributed by atoms with Crippen molar-refractivity contribution in [2.45, 2.75) is 37.1 Å². The Balaban J connectivity index is 1.48. The molecule has 1 aromatic carbocycles. The van der Waals surface area contributed by atoms with Crippen LogP contribution in [-0.2, 0) is 16.0 Å². The highest BCUT2D eigenvalue weighted by Gasteiger charge is 2.44. The van der Waals surface area contributed by atoms with Gasteiger partial charge in [0.25, 0.3) is 5.91 Å². The number of aliphatic hydroxyl groups excluding tert-OH is 1. The number of hydrogen-bond acceptors (Lipinski definition) is 6. The number of anilines is 1. The predicted octanol–water partition coefficient (Wildman–Crippen LogP) is 1.20. The Morgan fingerprint density at radius 3 is 2.58 bits per heavy atom. The van der Waals surface area contributed by atoms with Crippen LogP contribution in [0.25, 0.3) is 0 Å². The minimum atomic E-state index is -1.00. The van der Waals surface area contributed by atoms with Gasteiger partial charge in [-0.1, -0.05) is 42.2 Å². The Labute approximate surface area is 194 Å². The van der Waals surface area contributed by atoms with Crippen molar-refractivity contribution in [1.82, 2.24) is 9.88 Å². The van der Waals surface area contributed by atoms with E-state index in [2.05, 4.69) is 16.7 Å². The molecule has 7 nitrogen and oxygen atoms in total. The summed E-state index contributed by atoms with van der Waals surface area (Å²) in [6, 6.07) is 13.6. The minimum Gasteiger partial charge on any atom is -0.388 e. The van der Waals surface area contributed by atoms with E-state index < -0.39 is 17.8 Å². The lowest BCUT2D eigenvalue weighted by Gasteiger charge is -2.47. The first-order valence-electron chi connectivity index (χ1n) is 11.5. The van der Waals surface area contributed by atoms with Crippen LogP contribution in [0.3, 0.4) is 0 Å². The van der Waals surface area contributed by atoms with E-state index in [0.29, 0.717) is 18.8 Å². The van der Waals surface area contributed by atoms with Gasteiger partial charge in [0.1, 0.15) is 17.5 Å². The van der Waals surface area contributed by atoms with Gasteiger partial charge in [-0.2, -0.15) is 0 Å². The van der Waals surface area contributed by atoms with Crippen molar-refractivity contribution in [3.63, 3.8) is 0 Å². The average molecular weight is 448 g/mol. The number of rotatable bonds is 4. The van der Waals surface area contributed by atoms with Gasteiger partial charge in [0.15, 0.2) is 6.10 Å². The molecule has 0 saturated carbocycles. The van der Waals surface area contributed by atoms with E-state index in [1.807, 2.05) is 36.4 Å². The van der Waals surface area contributed by atoms with Crippen LogP contribution in [0.15, 0.2) is 42.5 Å². The molecular formula is C26H29N3O4.